The predicted molar refractivity (Wildman–Crippen MR) is 75.0 cm³/mol. The summed E-state index contributed by atoms with van der Waals surface area (Å²) in [6.07, 6.45) is 2.25. The number of carbonyl (C=O) groups is 1. The van der Waals surface area contributed by atoms with Crippen LogP contribution in [0.1, 0.15) is 34.5 Å². The van der Waals surface area contributed by atoms with E-state index in [0.29, 0.717) is 12.4 Å². The lowest BCUT2D eigenvalue weighted by atomic mass is 10.1. The van der Waals surface area contributed by atoms with E-state index in [1.807, 2.05) is 13.1 Å². The summed E-state index contributed by atoms with van der Waals surface area (Å²) < 4.78 is 17.4. The third kappa shape index (κ3) is 2.88. The molecule has 0 aromatic carbocycles. The van der Waals surface area contributed by atoms with Crippen molar-refractivity contribution in [3.63, 3.8) is 0 Å². The Morgan fingerprint density at radius 3 is 3.18 bits per heavy atom. The van der Waals surface area contributed by atoms with Gasteiger partial charge in [-0.25, -0.2) is 0 Å². The molecule has 1 fully saturated rings. The maximum absolute atomic E-state index is 12.3. The summed E-state index contributed by atoms with van der Waals surface area (Å²) >= 11 is 0. The fourth-order valence-corrected chi connectivity index (χ4v) is 2.56. The van der Waals surface area contributed by atoms with Crippen LogP contribution in [0.4, 0.5) is 0 Å². The molecule has 3 rings (SSSR count). The average Bonchev–Trinajstić information content (AvgIpc) is 3.20. The summed E-state index contributed by atoms with van der Waals surface area (Å²) in [4.78, 5) is 12.3. The number of hydrogen-bond donors (Lipinski definition) is 1. The molecular formula is C14H18N4O4. The highest BCUT2D eigenvalue weighted by molar-refractivity contribution is 5.92. The number of methoxy groups -OCH3 is 1. The number of aromatic nitrogens is 3. The first-order chi connectivity index (χ1) is 10.7. The van der Waals surface area contributed by atoms with Gasteiger partial charge in [-0.05, 0) is 12.5 Å². The Bertz CT molecular complexity index is 651. The minimum atomic E-state index is -0.284. The second kappa shape index (κ2) is 6.29. The van der Waals surface area contributed by atoms with E-state index in [9.17, 15) is 4.79 Å². The maximum atomic E-state index is 12.3. The highest BCUT2D eigenvalue weighted by Gasteiger charge is 2.33. The second-order valence-corrected chi connectivity index (χ2v) is 5.15. The van der Waals surface area contributed by atoms with Crippen molar-refractivity contribution in [2.45, 2.75) is 25.2 Å². The van der Waals surface area contributed by atoms with Crippen LogP contribution in [-0.2, 0) is 23.1 Å². The van der Waals surface area contributed by atoms with E-state index >= 15 is 0 Å². The van der Waals surface area contributed by atoms with Crippen molar-refractivity contribution >= 4 is 5.91 Å². The molecule has 1 saturated heterocycles. The normalized spacial score (nSPS) is 21.2. The van der Waals surface area contributed by atoms with Crippen LogP contribution >= 0.6 is 0 Å². The van der Waals surface area contributed by atoms with E-state index in [2.05, 4.69) is 15.6 Å². The number of aryl methyl sites for hydroxylation is 1. The Morgan fingerprint density at radius 2 is 2.45 bits per heavy atom. The molecule has 22 heavy (non-hydrogen) atoms. The zero-order valence-corrected chi connectivity index (χ0v) is 12.5. The molecule has 0 spiro atoms. The Labute approximate surface area is 127 Å². The second-order valence-electron chi connectivity index (χ2n) is 5.15. The Hall–Kier alpha value is -2.19. The third-order valence-electron chi connectivity index (χ3n) is 3.64. The number of ether oxygens (including phenoxy) is 2. The molecule has 0 radical (unpaired) electrons. The van der Waals surface area contributed by atoms with Crippen molar-refractivity contribution in [2.24, 2.45) is 7.05 Å². The van der Waals surface area contributed by atoms with Crippen LogP contribution in [0.25, 0.3) is 0 Å². The molecule has 0 unspecified atom stereocenters. The number of nitrogens with one attached hydrogen (secondary N) is 1. The lowest BCUT2D eigenvalue weighted by Gasteiger charge is -2.19. The smallest absolute Gasteiger partial charge is 0.273 e. The van der Waals surface area contributed by atoms with Gasteiger partial charge in [0.2, 0.25) is 0 Å². The van der Waals surface area contributed by atoms with Gasteiger partial charge in [0, 0.05) is 33.0 Å². The van der Waals surface area contributed by atoms with Crippen LogP contribution in [0.3, 0.4) is 0 Å². The molecule has 2 atom stereocenters. The molecule has 2 aromatic rings. The summed E-state index contributed by atoms with van der Waals surface area (Å²) in [5, 5.41) is 10.8. The van der Waals surface area contributed by atoms with E-state index in [1.165, 1.54) is 0 Å². The zero-order chi connectivity index (χ0) is 15.5. The number of rotatable bonds is 5. The van der Waals surface area contributed by atoms with Crippen LogP contribution in [0.2, 0.25) is 0 Å². The van der Waals surface area contributed by atoms with Crippen molar-refractivity contribution in [3.05, 3.63) is 35.5 Å². The van der Waals surface area contributed by atoms with Crippen molar-refractivity contribution in [2.75, 3.05) is 13.7 Å². The highest BCUT2D eigenvalue weighted by Crippen LogP contribution is 2.28. The quantitative estimate of drug-likeness (QED) is 0.879. The van der Waals surface area contributed by atoms with Gasteiger partial charge < -0.3 is 19.3 Å². The van der Waals surface area contributed by atoms with E-state index in [1.54, 1.807) is 24.1 Å². The zero-order valence-electron chi connectivity index (χ0n) is 12.5. The molecule has 118 valence electrons. The Balaban J connectivity index is 1.68. The number of hydrogen-bond acceptors (Lipinski definition) is 6. The molecule has 0 aliphatic carbocycles. The van der Waals surface area contributed by atoms with Crippen molar-refractivity contribution in [1.29, 1.82) is 0 Å². The minimum absolute atomic E-state index is 0.120. The summed E-state index contributed by atoms with van der Waals surface area (Å²) in [6.45, 7) is 0.874. The number of carbonyl (C=O) groups excluding carboxylic acids is 1. The van der Waals surface area contributed by atoms with Crippen molar-refractivity contribution < 1.29 is 18.8 Å². The van der Waals surface area contributed by atoms with Gasteiger partial charge in [-0.1, -0.05) is 5.16 Å². The topological polar surface area (TPSA) is 91.4 Å². The van der Waals surface area contributed by atoms with Gasteiger partial charge in [0.1, 0.15) is 12.7 Å². The molecule has 1 N–H and O–H groups in total. The summed E-state index contributed by atoms with van der Waals surface area (Å²) in [7, 11) is 3.40. The first-order valence-electron chi connectivity index (χ1n) is 7.04. The minimum Gasteiger partial charge on any atom is -0.377 e. The molecule has 2 aromatic heterocycles. The number of amides is 1. The number of nitrogens with zero attached hydrogens (tertiary/aromatic N) is 3. The van der Waals surface area contributed by atoms with Gasteiger partial charge in [0.05, 0.1) is 11.7 Å². The van der Waals surface area contributed by atoms with Gasteiger partial charge in [-0.2, -0.15) is 5.10 Å². The molecule has 0 saturated carbocycles. The molecule has 1 aliphatic heterocycles. The predicted octanol–water partition coefficient (Wildman–Crippen LogP) is 0.814. The van der Waals surface area contributed by atoms with Gasteiger partial charge >= 0.3 is 0 Å². The first kappa shape index (κ1) is 14.7. The molecule has 1 aliphatic rings. The van der Waals surface area contributed by atoms with Gasteiger partial charge in [-0.3, -0.25) is 9.48 Å². The van der Waals surface area contributed by atoms with Crippen LogP contribution in [0.15, 0.2) is 22.9 Å². The summed E-state index contributed by atoms with van der Waals surface area (Å²) in [5.41, 5.74) is 1.17. The molecule has 0 bridgehead atoms. The molecular weight excluding hydrogens is 288 g/mol. The SMILES string of the molecule is COCc1cc(C(=O)N[C@H]2CCO[C@@H]2c2ccnn2C)no1. The van der Waals surface area contributed by atoms with Crippen LogP contribution in [-0.4, -0.2) is 40.6 Å². The van der Waals surface area contributed by atoms with E-state index in [0.717, 1.165) is 12.1 Å². The summed E-state index contributed by atoms with van der Waals surface area (Å²) in [5.74, 6) is 0.229. The lowest BCUT2D eigenvalue weighted by molar-refractivity contribution is 0.0786. The monoisotopic (exact) mass is 306 g/mol. The van der Waals surface area contributed by atoms with Crippen molar-refractivity contribution in [1.82, 2.24) is 20.3 Å². The highest BCUT2D eigenvalue weighted by atomic mass is 16.5. The standard InChI is InChI=1S/C14H18N4O4/c1-18-12(3-5-15-18)13-10(4-6-21-13)16-14(19)11-7-9(8-20-2)22-17-11/h3,5,7,10,13H,4,6,8H2,1-2H3,(H,16,19)/t10-,13-/m0/s1. The van der Waals surface area contributed by atoms with Gasteiger partial charge in [0.25, 0.3) is 5.91 Å². The van der Waals surface area contributed by atoms with Crippen LogP contribution in [0.5, 0.6) is 0 Å². The Morgan fingerprint density at radius 1 is 1.59 bits per heavy atom. The van der Waals surface area contributed by atoms with Crippen LogP contribution in [0, 0.1) is 0 Å². The largest absolute Gasteiger partial charge is 0.377 e. The molecule has 8 heteroatoms. The van der Waals surface area contributed by atoms with Crippen molar-refractivity contribution in [3.8, 4) is 0 Å². The first-order valence-corrected chi connectivity index (χ1v) is 7.04. The maximum Gasteiger partial charge on any atom is 0.273 e. The fraction of sp³-hybridized carbons (Fsp3) is 0.500. The lowest BCUT2D eigenvalue weighted by Crippen LogP contribution is -2.37. The molecule has 3 heterocycles. The summed E-state index contributed by atoms with van der Waals surface area (Å²) in [6, 6.07) is 3.35. The van der Waals surface area contributed by atoms with Gasteiger partial charge in [-0.15, -0.1) is 0 Å². The molecule has 8 nitrogen and oxygen atoms in total. The molecule has 1 amide bonds. The average molecular weight is 306 g/mol. The van der Waals surface area contributed by atoms with E-state index in [4.69, 9.17) is 14.0 Å². The van der Waals surface area contributed by atoms with E-state index in [-0.39, 0.29) is 30.4 Å². The van der Waals surface area contributed by atoms with E-state index < -0.39 is 0 Å². The van der Waals surface area contributed by atoms with Gasteiger partial charge in [0.15, 0.2) is 11.5 Å². The third-order valence-corrected chi connectivity index (χ3v) is 3.64. The Kier molecular flexibility index (Phi) is 4.21. The fourth-order valence-electron chi connectivity index (χ4n) is 2.56. The van der Waals surface area contributed by atoms with Crippen LogP contribution < -0.4 is 5.32 Å².